The quantitative estimate of drug-likeness (QED) is 0.633. The van der Waals surface area contributed by atoms with Crippen molar-refractivity contribution in [1.82, 2.24) is 4.98 Å². The van der Waals surface area contributed by atoms with E-state index in [1.807, 2.05) is 0 Å². The number of nitrogens with zero attached hydrogens (tertiary/aromatic N) is 1. The molecule has 1 heterocycles. The van der Waals surface area contributed by atoms with Crippen molar-refractivity contribution in [2.45, 2.75) is 18.7 Å². The fraction of sp³-hybridized carbons (Fsp3) is 0.444. The van der Waals surface area contributed by atoms with E-state index in [9.17, 15) is 21.6 Å². The van der Waals surface area contributed by atoms with Gasteiger partial charge in [0, 0.05) is 17.6 Å². The Bertz CT molecular complexity index is 530. The molecule has 0 fully saturated rings. The largest absolute Gasteiger partial charge is 0.433 e. The molecule has 0 saturated heterocycles. The van der Waals surface area contributed by atoms with Crippen molar-refractivity contribution < 1.29 is 25.8 Å². The molecule has 0 atom stereocenters. The summed E-state index contributed by atoms with van der Waals surface area (Å²) in [7, 11) is -3.68. The molecule has 0 N–H and O–H groups in total. The van der Waals surface area contributed by atoms with Gasteiger partial charge in [0.15, 0.2) is 0 Å². The first-order valence-corrected chi connectivity index (χ1v) is 6.94. The molecule has 0 aliphatic heterocycles. The summed E-state index contributed by atoms with van der Waals surface area (Å²) in [6, 6.07) is 0.772. The Labute approximate surface area is 107 Å². The normalized spacial score (nSPS) is 12.7. The highest BCUT2D eigenvalue weighted by Gasteiger charge is 2.32. The number of hydrogen-bond donors (Lipinski definition) is 0. The average Bonchev–Trinajstić information content (AvgIpc) is 2.23. The number of rotatable bonds is 4. The summed E-state index contributed by atoms with van der Waals surface area (Å²) in [5.74, 6) is -0.200. The van der Waals surface area contributed by atoms with Crippen molar-refractivity contribution in [3.63, 3.8) is 0 Å². The summed E-state index contributed by atoms with van der Waals surface area (Å²) < 4.78 is 63.2. The third kappa shape index (κ3) is 4.43. The van der Waals surface area contributed by atoms with Gasteiger partial charge in [0.1, 0.15) is 5.69 Å². The molecule has 0 saturated carbocycles. The zero-order valence-corrected chi connectivity index (χ0v) is 10.7. The molecular weight excluding hydrogens is 295 g/mol. The van der Waals surface area contributed by atoms with Crippen LogP contribution in [-0.4, -0.2) is 19.7 Å². The SMILES string of the molecule is CS(=O)(=O)OCc1cnc(C(F)(F)F)cc1CCl. The Balaban J connectivity index is 3.01. The predicted molar refractivity (Wildman–Crippen MR) is 58.4 cm³/mol. The Kier molecular flexibility index (Phi) is 4.57. The molecule has 1 rings (SSSR count). The highest BCUT2D eigenvalue weighted by Crippen LogP contribution is 2.29. The van der Waals surface area contributed by atoms with Crippen molar-refractivity contribution in [3.05, 3.63) is 29.1 Å². The minimum Gasteiger partial charge on any atom is -0.265 e. The molecule has 1 aromatic rings. The van der Waals surface area contributed by atoms with E-state index in [0.29, 0.717) is 0 Å². The lowest BCUT2D eigenvalue weighted by Gasteiger charge is -2.10. The first-order valence-electron chi connectivity index (χ1n) is 4.59. The predicted octanol–water partition coefficient (Wildman–Crippen LogP) is 2.32. The van der Waals surface area contributed by atoms with Gasteiger partial charge in [-0.3, -0.25) is 9.17 Å². The average molecular weight is 304 g/mol. The minimum atomic E-state index is -4.57. The Morgan fingerprint density at radius 1 is 1.39 bits per heavy atom. The molecule has 0 bridgehead atoms. The van der Waals surface area contributed by atoms with Gasteiger partial charge in [-0.25, -0.2) is 0 Å². The van der Waals surface area contributed by atoms with Crippen LogP contribution in [0.4, 0.5) is 13.2 Å². The van der Waals surface area contributed by atoms with E-state index in [1.54, 1.807) is 0 Å². The molecule has 0 radical (unpaired) electrons. The van der Waals surface area contributed by atoms with E-state index >= 15 is 0 Å². The van der Waals surface area contributed by atoms with Crippen LogP contribution in [0.15, 0.2) is 12.3 Å². The lowest BCUT2D eigenvalue weighted by Crippen LogP contribution is -2.11. The first-order chi connectivity index (χ1) is 8.13. The van der Waals surface area contributed by atoms with Crippen LogP contribution in [0, 0.1) is 0 Å². The summed E-state index contributed by atoms with van der Waals surface area (Å²) >= 11 is 5.50. The molecule has 102 valence electrons. The van der Waals surface area contributed by atoms with Crippen molar-refractivity contribution in [2.75, 3.05) is 6.26 Å². The smallest absolute Gasteiger partial charge is 0.265 e. The zero-order chi connectivity index (χ0) is 14.0. The van der Waals surface area contributed by atoms with Gasteiger partial charge in [-0.2, -0.15) is 21.6 Å². The molecule has 1 aromatic heterocycles. The molecule has 0 unspecified atom stereocenters. The lowest BCUT2D eigenvalue weighted by atomic mass is 10.1. The molecule has 18 heavy (non-hydrogen) atoms. The standard InChI is InChI=1S/C9H9ClF3NO3S/c1-18(15,16)17-5-7-4-14-8(9(11,12)13)2-6(7)3-10/h2,4H,3,5H2,1H3. The molecule has 0 spiro atoms. The van der Waals surface area contributed by atoms with Gasteiger partial charge in [-0.1, -0.05) is 0 Å². The maximum absolute atomic E-state index is 12.4. The van der Waals surface area contributed by atoms with E-state index in [1.165, 1.54) is 0 Å². The van der Waals surface area contributed by atoms with Gasteiger partial charge in [0.05, 0.1) is 12.9 Å². The molecule has 0 aliphatic carbocycles. The van der Waals surface area contributed by atoms with Gasteiger partial charge >= 0.3 is 6.18 Å². The minimum absolute atomic E-state index is 0.127. The van der Waals surface area contributed by atoms with Gasteiger partial charge < -0.3 is 0 Å². The second kappa shape index (κ2) is 5.41. The third-order valence-electron chi connectivity index (χ3n) is 1.95. The van der Waals surface area contributed by atoms with E-state index in [4.69, 9.17) is 11.6 Å². The van der Waals surface area contributed by atoms with Gasteiger partial charge in [-0.05, 0) is 11.6 Å². The number of alkyl halides is 4. The van der Waals surface area contributed by atoms with Crippen LogP contribution in [0.1, 0.15) is 16.8 Å². The fourth-order valence-electron chi connectivity index (χ4n) is 1.11. The van der Waals surface area contributed by atoms with E-state index < -0.39 is 28.6 Å². The van der Waals surface area contributed by atoms with Crippen molar-refractivity contribution >= 4 is 21.7 Å². The highest BCUT2D eigenvalue weighted by atomic mass is 35.5. The summed E-state index contributed by atoms with van der Waals surface area (Å²) in [5.41, 5.74) is -0.757. The highest BCUT2D eigenvalue weighted by molar-refractivity contribution is 7.85. The van der Waals surface area contributed by atoms with Crippen molar-refractivity contribution in [1.29, 1.82) is 0 Å². The first kappa shape index (κ1) is 15.2. The Hall–Kier alpha value is -0.860. The number of halogens is 4. The van der Waals surface area contributed by atoms with Crippen LogP contribution < -0.4 is 0 Å². The third-order valence-corrected chi connectivity index (χ3v) is 2.78. The summed E-state index contributed by atoms with van der Waals surface area (Å²) in [6.07, 6.45) is -2.83. The van der Waals surface area contributed by atoms with Gasteiger partial charge in [0.2, 0.25) is 0 Å². The van der Waals surface area contributed by atoms with Gasteiger partial charge in [0.25, 0.3) is 10.1 Å². The van der Waals surface area contributed by atoms with Crippen LogP contribution in [-0.2, 0) is 33.0 Å². The molecular formula is C9H9ClF3NO3S. The molecule has 0 amide bonds. The van der Waals surface area contributed by atoms with E-state index in [-0.39, 0.29) is 17.0 Å². The van der Waals surface area contributed by atoms with Crippen LogP contribution in [0.3, 0.4) is 0 Å². The maximum atomic E-state index is 12.4. The van der Waals surface area contributed by atoms with Crippen LogP contribution in [0.2, 0.25) is 0 Å². The van der Waals surface area contributed by atoms with Crippen LogP contribution in [0.5, 0.6) is 0 Å². The van der Waals surface area contributed by atoms with E-state index in [0.717, 1.165) is 18.5 Å². The number of pyridine rings is 1. The molecule has 4 nitrogen and oxygen atoms in total. The van der Waals surface area contributed by atoms with Crippen molar-refractivity contribution in [3.8, 4) is 0 Å². The molecule has 0 aliphatic rings. The van der Waals surface area contributed by atoms with E-state index in [2.05, 4.69) is 9.17 Å². The number of aromatic nitrogens is 1. The summed E-state index contributed by atoms with van der Waals surface area (Å²) in [6.45, 7) is -0.397. The van der Waals surface area contributed by atoms with Crippen molar-refractivity contribution in [2.24, 2.45) is 0 Å². The fourth-order valence-corrected chi connectivity index (χ4v) is 1.70. The molecule has 9 heteroatoms. The lowest BCUT2D eigenvalue weighted by molar-refractivity contribution is -0.141. The topological polar surface area (TPSA) is 56.3 Å². The van der Waals surface area contributed by atoms with Gasteiger partial charge in [-0.15, -0.1) is 11.6 Å². The summed E-state index contributed by atoms with van der Waals surface area (Å²) in [4.78, 5) is 3.20. The summed E-state index contributed by atoms with van der Waals surface area (Å²) in [5, 5.41) is 0. The number of hydrogen-bond acceptors (Lipinski definition) is 4. The van der Waals surface area contributed by atoms with Crippen LogP contribution >= 0.6 is 11.6 Å². The maximum Gasteiger partial charge on any atom is 0.433 e. The second-order valence-electron chi connectivity index (χ2n) is 3.44. The Morgan fingerprint density at radius 2 is 2.00 bits per heavy atom. The zero-order valence-electron chi connectivity index (χ0n) is 9.16. The van der Waals surface area contributed by atoms with Crippen LogP contribution in [0.25, 0.3) is 0 Å². The second-order valence-corrected chi connectivity index (χ2v) is 5.35. The monoisotopic (exact) mass is 303 g/mol. The Morgan fingerprint density at radius 3 is 2.44 bits per heavy atom. The molecule has 0 aromatic carbocycles.